The summed E-state index contributed by atoms with van der Waals surface area (Å²) in [6.45, 7) is 1.75. The van der Waals surface area contributed by atoms with Crippen molar-refractivity contribution in [3.63, 3.8) is 0 Å². The van der Waals surface area contributed by atoms with E-state index in [-0.39, 0.29) is 41.2 Å². The van der Waals surface area contributed by atoms with Crippen LogP contribution in [0.3, 0.4) is 0 Å². The minimum atomic E-state index is -0.514. The van der Waals surface area contributed by atoms with Crippen LogP contribution in [0.15, 0.2) is 30.4 Å². The molecule has 2 amide bonds. The molecule has 4 atom stereocenters. The lowest BCUT2D eigenvalue weighted by Gasteiger charge is -2.19. The molecule has 2 fully saturated rings. The molecule has 4 rings (SSSR count). The van der Waals surface area contributed by atoms with Crippen molar-refractivity contribution in [1.29, 1.82) is 0 Å². The minimum Gasteiger partial charge on any atom is -0.274 e. The fourth-order valence-corrected chi connectivity index (χ4v) is 4.09. The number of carbonyl (C=O) groups is 2. The van der Waals surface area contributed by atoms with E-state index in [9.17, 15) is 19.7 Å². The Balaban J connectivity index is 1.79. The van der Waals surface area contributed by atoms with Gasteiger partial charge >= 0.3 is 0 Å². The molecule has 3 aliphatic rings. The number of anilines is 1. The number of hydrogen-bond acceptors (Lipinski definition) is 4. The number of nitrogens with zero attached hydrogens (tertiary/aromatic N) is 2. The number of aryl methyl sites for hydroxylation is 1. The number of allylic oxidation sites excluding steroid dienone is 2. The lowest BCUT2D eigenvalue weighted by atomic mass is 9.85. The van der Waals surface area contributed by atoms with E-state index < -0.39 is 4.92 Å². The third kappa shape index (κ3) is 1.55. The highest BCUT2D eigenvalue weighted by Crippen LogP contribution is 2.53. The van der Waals surface area contributed by atoms with E-state index in [2.05, 4.69) is 0 Å². The molecule has 2 aliphatic carbocycles. The van der Waals surface area contributed by atoms with E-state index in [1.54, 1.807) is 13.0 Å². The van der Waals surface area contributed by atoms with Gasteiger partial charge in [0, 0.05) is 12.1 Å². The maximum absolute atomic E-state index is 12.7. The molecule has 0 aromatic heterocycles. The van der Waals surface area contributed by atoms with Gasteiger partial charge in [0.15, 0.2) is 0 Å². The number of fused-ring (bicyclic) bond motifs is 5. The summed E-state index contributed by atoms with van der Waals surface area (Å²) < 4.78 is 0. The van der Waals surface area contributed by atoms with Gasteiger partial charge in [0.2, 0.25) is 11.8 Å². The lowest BCUT2D eigenvalue weighted by molar-refractivity contribution is -0.384. The Bertz CT molecular complexity index is 725. The van der Waals surface area contributed by atoms with Crippen molar-refractivity contribution < 1.29 is 14.5 Å². The highest BCUT2D eigenvalue weighted by Gasteiger charge is 2.59. The summed E-state index contributed by atoms with van der Waals surface area (Å²) >= 11 is 0. The summed E-state index contributed by atoms with van der Waals surface area (Å²) in [6.07, 6.45) is 4.93. The molecule has 0 radical (unpaired) electrons. The van der Waals surface area contributed by atoms with Crippen LogP contribution >= 0.6 is 0 Å². The number of rotatable bonds is 2. The maximum Gasteiger partial charge on any atom is 0.271 e. The molecular weight excluding hydrogens is 284 g/mol. The van der Waals surface area contributed by atoms with Gasteiger partial charge in [0.25, 0.3) is 5.69 Å². The van der Waals surface area contributed by atoms with E-state index in [4.69, 9.17) is 0 Å². The van der Waals surface area contributed by atoms with Crippen molar-refractivity contribution in [3.05, 3.63) is 46.0 Å². The molecule has 1 saturated heterocycles. The van der Waals surface area contributed by atoms with Crippen LogP contribution in [0.4, 0.5) is 11.4 Å². The first-order valence-corrected chi connectivity index (χ1v) is 7.30. The highest BCUT2D eigenvalue weighted by molar-refractivity contribution is 6.23. The van der Waals surface area contributed by atoms with Crippen LogP contribution in [-0.4, -0.2) is 16.7 Å². The topological polar surface area (TPSA) is 80.5 Å². The molecule has 2 bridgehead atoms. The van der Waals surface area contributed by atoms with Gasteiger partial charge in [-0.1, -0.05) is 18.2 Å². The van der Waals surface area contributed by atoms with E-state index in [0.717, 1.165) is 6.42 Å². The number of non-ortho nitro benzene ring substituents is 1. The second kappa shape index (κ2) is 4.25. The van der Waals surface area contributed by atoms with Gasteiger partial charge in [-0.15, -0.1) is 0 Å². The number of nitro benzene ring substituents is 1. The monoisotopic (exact) mass is 298 g/mol. The SMILES string of the molecule is Cc1ccc([N+](=O)[O-])cc1N1C(=O)[C@@H]2[C@@H](C1=O)[C@@H]1C=C[C@@H]2C1. The van der Waals surface area contributed by atoms with Gasteiger partial charge in [-0.2, -0.15) is 0 Å². The normalized spacial score (nSPS) is 32.0. The molecule has 6 nitrogen and oxygen atoms in total. The third-order valence-corrected chi connectivity index (χ3v) is 5.11. The quantitative estimate of drug-likeness (QED) is 0.363. The van der Waals surface area contributed by atoms with Crippen molar-refractivity contribution in [1.82, 2.24) is 0 Å². The summed E-state index contributed by atoms with van der Waals surface area (Å²) in [5, 5.41) is 11.0. The number of amides is 2. The molecule has 1 aromatic rings. The highest BCUT2D eigenvalue weighted by atomic mass is 16.6. The van der Waals surface area contributed by atoms with Gasteiger partial charge in [-0.3, -0.25) is 19.7 Å². The zero-order valence-electron chi connectivity index (χ0n) is 11.9. The summed E-state index contributed by atoms with van der Waals surface area (Å²) in [5.41, 5.74) is 0.921. The lowest BCUT2D eigenvalue weighted by Crippen LogP contribution is -2.33. The van der Waals surface area contributed by atoms with Gasteiger partial charge in [0.05, 0.1) is 22.4 Å². The Kier molecular flexibility index (Phi) is 2.55. The van der Waals surface area contributed by atoms with Crippen molar-refractivity contribution in [3.8, 4) is 0 Å². The van der Waals surface area contributed by atoms with Crippen LogP contribution in [0.25, 0.3) is 0 Å². The molecule has 1 aliphatic heterocycles. The Morgan fingerprint density at radius 1 is 1.14 bits per heavy atom. The molecule has 0 N–H and O–H groups in total. The van der Waals surface area contributed by atoms with Crippen LogP contribution < -0.4 is 4.90 Å². The summed E-state index contributed by atoms with van der Waals surface area (Å²) in [5.74, 6) is -0.737. The summed E-state index contributed by atoms with van der Waals surface area (Å²) in [4.78, 5) is 37.1. The van der Waals surface area contributed by atoms with Crippen LogP contribution in [0, 0.1) is 40.7 Å². The second-order valence-corrected chi connectivity index (χ2v) is 6.24. The third-order valence-electron chi connectivity index (χ3n) is 5.11. The first-order chi connectivity index (χ1) is 10.5. The van der Waals surface area contributed by atoms with E-state index in [1.165, 1.54) is 17.0 Å². The molecule has 0 unspecified atom stereocenters. The van der Waals surface area contributed by atoms with Crippen molar-refractivity contribution in [2.75, 3.05) is 4.90 Å². The average molecular weight is 298 g/mol. The van der Waals surface area contributed by atoms with Crippen LogP contribution in [-0.2, 0) is 9.59 Å². The first-order valence-electron chi connectivity index (χ1n) is 7.30. The Morgan fingerprint density at radius 3 is 2.27 bits per heavy atom. The standard InChI is InChI=1S/C16H14N2O4/c1-8-2-5-11(18(21)22)7-12(8)17-15(19)13-9-3-4-10(6-9)14(13)16(17)20/h2-5,7,9-10,13-14H,6H2,1H3/t9-,10-,13+,14+/m1/s1. The van der Waals surface area contributed by atoms with Crippen LogP contribution in [0.5, 0.6) is 0 Å². The fraction of sp³-hybridized carbons (Fsp3) is 0.375. The molecule has 0 spiro atoms. The molecular formula is C16H14N2O4. The smallest absolute Gasteiger partial charge is 0.271 e. The summed E-state index contributed by atoms with van der Waals surface area (Å²) in [6, 6.07) is 4.28. The number of nitro groups is 1. The Hall–Kier alpha value is -2.50. The summed E-state index contributed by atoms with van der Waals surface area (Å²) in [7, 11) is 0. The zero-order chi connectivity index (χ0) is 15.6. The number of imide groups is 1. The average Bonchev–Trinajstić information content (AvgIpc) is 3.14. The Morgan fingerprint density at radius 2 is 1.73 bits per heavy atom. The van der Waals surface area contributed by atoms with Gasteiger partial charge < -0.3 is 0 Å². The van der Waals surface area contributed by atoms with Gasteiger partial charge in [-0.25, -0.2) is 4.90 Å². The molecule has 6 heteroatoms. The number of benzene rings is 1. The minimum absolute atomic E-state index is 0.112. The van der Waals surface area contributed by atoms with Crippen molar-refractivity contribution >= 4 is 23.2 Å². The van der Waals surface area contributed by atoms with Crippen molar-refractivity contribution in [2.24, 2.45) is 23.7 Å². The largest absolute Gasteiger partial charge is 0.274 e. The van der Waals surface area contributed by atoms with E-state index in [1.807, 2.05) is 12.2 Å². The van der Waals surface area contributed by atoms with Gasteiger partial charge in [0.1, 0.15) is 0 Å². The maximum atomic E-state index is 12.7. The second-order valence-electron chi connectivity index (χ2n) is 6.24. The van der Waals surface area contributed by atoms with Gasteiger partial charge in [-0.05, 0) is 30.7 Å². The molecule has 1 aromatic carbocycles. The zero-order valence-corrected chi connectivity index (χ0v) is 11.9. The van der Waals surface area contributed by atoms with Crippen LogP contribution in [0.2, 0.25) is 0 Å². The van der Waals surface area contributed by atoms with E-state index in [0.29, 0.717) is 11.3 Å². The van der Waals surface area contributed by atoms with E-state index >= 15 is 0 Å². The predicted molar refractivity (Wildman–Crippen MR) is 78.0 cm³/mol. The number of hydrogen-bond donors (Lipinski definition) is 0. The molecule has 1 heterocycles. The molecule has 112 valence electrons. The molecule has 22 heavy (non-hydrogen) atoms. The first kappa shape index (κ1) is 13.2. The fourth-order valence-electron chi connectivity index (χ4n) is 4.09. The Labute approximate surface area is 126 Å². The van der Waals surface area contributed by atoms with Crippen molar-refractivity contribution in [2.45, 2.75) is 13.3 Å². The number of carbonyl (C=O) groups excluding carboxylic acids is 2. The predicted octanol–water partition coefficient (Wildman–Crippen LogP) is 2.21. The van der Waals surface area contributed by atoms with Crippen LogP contribution in [0.1, 0.15) is 12.0 Å². The molecule has 1 saturated carbocycles.